The Hall–Kier alpha value is -1.46. The first kappa shape index (κ1) is 14.0. The molecule has 2 rings (SSSR count). The number of hydrogen-bond donors (Lipinski definition) is 1. The molecule has 1 aliphatic heterocycles. The van der Waals surface area contributed by atoms with Gasteiger partial charge in [-0.3, -0.25) is 4.79 Å². The maximum atomic E-state index is 13.5. The van der Waals surface area contributed by atoms with Gasteiger partial charge in [-0.05, 0) is 18.1 Å². The van der Waals surface area contributed by atoms with Crippen molar-refractivity contribution in [2.24, 2.45) is 5.73 Å². The van der Waals surface area contributed by atoms with Crippen LogP contribution in [0.5, 0.6) is 0 Å². The van der Waals surface area contributed by atoms with E-state index in [1.165, 1.54) is 6.07 Å². The van der Waals surface area contributed by atoms with E-state index in [2.05, 4.69) is 0 Å². The first-order valence-corrected chi connectivity index (χ1v) is 6.53. The predicted octanol–water partition coefficient (Wildman–Crippen LogP) is 0.944. The van der Waals surface area contributed by atoms with Crippen LogP contribution in [0.3, 0.4) is 0 Å². The van der Waals surface area contributed by atoms with Crippen LogP contribution < -0.4 is 5.73 Å². The molecule has 1 atom stereocenters. The van der Waals surface area contributed by atoms with Crippen LogP contribution in [0.25, 0.3) is 0 Å². The van der Waals surface area contributed by atoms with Gasteiger partial charge in [0.1, 0.15) is 5.82 Å². The molecular formula is C14H19FN2O2. The topological polar surface area (TPSA) is 55.6 Å². The van der Waals surface area contributed by atoms with Gasteiger partial charge in [-0.2, -0.15) is 0 Å². The number of rotatable bonds is 4. The summed E-state index contributed by atoms with van der Waals surface area (Å²) in [7, 11) is 0. The fraction of sp³-hybridized carbons (Fsp3) is 0.500. The van der Waals surface area contributed by atoms with Crippen molar-refractivity contribution in [1.29, 1.82) is 0 Å². The molecule has 1 heterocycles. The number of morpholine rings is 1. The molecule has 1 aromatic carbocycles. The van der Waals surface area contributed by atoms with Crippen molar-refractivity contribution in [3.05, 3.63) is 35.6 Å². The Morgan fingerprint density at radius 3 is 3.00 bits per heavy atom. The predicted molar refractivity (Wildman–Crippen MR) is 70.1 cm³/mol. The number of nitrogens with zero attached hydrogens (tertiary/aromatic N) is 1. The van der Waals surface area contributed by atoms with Crippen LogP contribution >= 0.6 is 0 Å². The van der Waals surface area contributed by atoms with Crippen LogP contribution in [0.1, 0.15) is 12.0 Å². The summed E-state index contributed by atoms with van der Waals surface area (Å²) < 4.78 is 18.8. The maximum absolute atomic E-state index is 13.5. The van der Waals surface area contributed by atoms with Crippen molar-refractivity contribution in [3.63, 3.8) is 0 Å². The summed E-state index contributed by atoms with van der Waals surface area (Å²) in [6, 6.07) is 6.49. The van der Waals surface area contributed by atoms with Crippen molar-refractivity contribution in [2.45, 2.75) is 18.9 Å². The first-order chi connectivity index (χ1) is 9.22. The van der Waals surface area contributed by atoms with Crippen molar-refractivity contribution in [1.82, 2.24) is 4.90 Å². The highest BCUT2D eigenvalue weighted by Crippen LogP contribution is 2.12. The van der Waals surface area contributed by atoms with E-state index in [9.17, 15) is 9.18 Å². The molecule has 0 bridgehead atoms. The van der Waals surface area contributed by atoms with Crippen LogP contribution in [-0.2, 0) is 16.0 Å². The van der Waals surface area contributed by atoms with Gasteiger partial charge in [0.15, 0.2) is 0 Å². The number of carbonyl (C=O) groups excluding carboxylic acids is 1. The second-order valence-electron chi connectivity index (χ2n) is 4.64. The Balaban J connectivity index is 1.92. The van der Waals surface area contributed by atoms with Gasteiger partial charge in [-0.15, -0.1) is 0 Å². The van der Waals surface area contributed by atoms with E-state index in [0.29, 0.717) is 44.7 Å². The van der Waals surface area contributed by atoms with E-state index in [1.807, 2.05) is 0 Å². The Morgan fingerprint density at radius 1 is 1.47 bits per heavy atom. The Morgan fingerprint density at radius 2 is 2.26 bits per heavy atom. The summed E-state index contributed by atoms with van der Waals surface area (Å²) in [4.78, 5) is 13.9. The summed E-state index contributed by atoms with van der Waals surface area (Å²) in [5.41, 5.74) is 6.21. The molecule has 0 radical (unpaired) electrons. The number of carbonyl (C=O) groups is 1. The molecule has 0 aromatic heterocycles. The van der Waals surface area contributed by atoms with Crippen molar-refractivity contribution >= 4 is 5.91 Å². The number of amides is 1. The average molecular weight is 266 g/mol. The van der Waals surface area contributed by atoms with Crippen molar-refractivity contribution in [2.75, 3.05) is 26.3 Å². The van der Waals surface area contributed by atoms with Gasteiger partial charge in [0.25, 0.3) is 0 Å². The quantitative estimate of drug-likeness (QED) is 0.882. The standard InChI is InChI=1S/C14H19FN2O2/c15-13-4-2-1-3-11(13)5-6-14(18)17-7-8-19-10-12(17)9-16/h1-4,12H,5-10,16H2. The number of halogens is 1. The zero-order chi connectivity index (χ0) is 13.7. The second-order valence-corrected chi connectivity index (χ2v) is 4.64. The fourth-order valence-electron chi connectivity index (χ4n) is 2.26. The number of hydrogen-bond acceptors (Lipinski definition) is 3. The molecule has 0 saturated carbocycles. The lowest BCUT2D eigenvalue weighted by Crippen LogP contribution is -2.52. The SMILES string of the molecule is NCC1COCCN1C(=O)CCc1ccccc1F. The molecule has 2 N–H and O–H groups in total. The summed E-state index contributed by atoms with van der Waals surface area (Å²) in [5.74, 6) is -0.241. The van der Waals surface area contributed by atoms with Gasteiger partial charge < -0.3 is 15.4 Å². The fourth-order valence-corrected chi connectivity index (χ4v) is 2.26. The van der Waals surface area contributed by atoms with Gasteiger partial charge in [0.2, 0.25) is 5.91 Å². The third-order valence-corrected chi connectivity index (χ3v) is 3.39. The van der Waals surface area contributed by atoms with Gasteiger partial charge >= 0.3 is 0 Å². The molecule has 4 nitrogen and oxygen atoms in total. The molecule has 1 amide bonds. The van der Waals surface area contributed by atoms with E-state index < -0.39 is 0 Å². The molecule has 1 aromatic rings. The molecular weight excluding hydrogens is 247 g/mol. The lowest BCUT2D eigenvalue weighted by molar-refractivity contribution is -0.139. The molecule has 1 fully saturated rings. The number of aryl methyl sites for hydroxylation is 1. The van der Waals surface area contributed by atoms with Crippen LogP contribution in [0.15, 0.2) is 24.3 Å². The highest BCUT2D eigenvalue weighted by Gasteiger charge is 2.25. The Labute approximate surface area is 112 Å². The summed E-state index contributed by atoms with van der Waals surface area (Å²) in [5, 5.41) is 0. The van der Waals surface area contributed by atoms with E-state index in [1.54, 1.807) is 23.1 Å². The molecule has 5 heteroatoms. The molecule has 19 heavy (non-hydrogen) atoms. The van der Waals surface area contributed by atoms with Crippen LogP contribution in [0.2, 0.25) is 0 Å². The number of nitrogens with two attached hydrogens (primary N) is 1. The zero-order valence-corrected chi connectivity index (χ0v) is 10.8. The minimum absolute atomic E-state index is 0.0157. The maximum Gasteiger partial charge on any atom is 0.223 e. The smallest absolute Gasteiger partial charge is 0.223 e. The molecule has 0 spiro atoms. The summed E-state index contributed by atoms with van der Waals surface area (Å²) >= 11 is 0. The molecule has 1 saturated heterocycles. The van der Waals surface area contributed by atoms with E-state index in [0.717, 1.165) is 0 Å². The van der Waals surface area contributed by atoms with Gasteiger partial charge in [0.05, 0.1) is 19.3 Å². The average Bonchev–Trinajstić information content (AvgIpc) is 2.46. The zero-order valence-electron chi connectivity index (χ0n) is 10.8. The van der Waals surface area contributed by atoms with E-state index in [-0.39, 0.29) is 17.8 Å². The number of ether oxygens (including phenoxy) is 1. The Bertz CT molecular complexity index is 439. The van der Waals surface area contributed by atoms with E-state index in [4.69, 9.17) is 10.5 Å². The van der Waals surface area contributed by atoms with Gasteiger partial charge in [0, 0.05) is 19.5 Å². The molecule has 1 aliphatic rings. The monoisotopic (exact) mass is 266 g/mol. The highest BCUT2D eigenvalue weighted by atomic mass is 19.1. The van der Waals surface area contributed by atoms with E-state index >= 15 is 0 Å². The molecule has 0 aliphatic carbocycles. The Kier molecular flexibility index (Phi) is 4.87. The third kappa shape index (κ3) is 3.52. The van der Waals surface area contributed by atoms with Gasteiger partial charge in [-0.25, -0.2) is 4.39 Å². The summed E-state index contributed by atoms with van der Waals surface area (Å²) in [6.07, 6.45) is 0.720. The minimum Gasteiger partial charge on any atom is -0.377 e. The molecule has 1 unspecified atom stereocenters. The van der Waals surface area contributed by atoms with Gasteiger partial charge in [-0.1, -0.05) is 18.2 Å². The van der Waals surface area contributed by atoms with Crippen LogP contribution in [0, 0.1) is 5.82 Å². The molecule has 104 valence electrons. The lowest BCUT2D eigenvalue weighted by atomic mass is 10.1. The minimum atomic E-state index is -0.257. The first-order valence-electron chi connectivity index (χ1n) is 6.53. The number of benzene rings is 1. The second kappa shape index (κ2) is 6.63. The van der Waals surface area contributed by atoms with Crippen molar-refractivity contribution in [3.8, 4) is 0 Å². The van der Waals surface area contributed by atoms with Crippen LogP contribution in [-0.4, -0.2) is 43.2 Å². The summed E-state index contributed by atoms with van der Waals surface area (Å²) in [6.45, 7) is 1.99. The lowest BCUT2D eigenvalue weighted by Gasteiger charge is -2.35. The van der Waals surface area contributed by atoms with Crippen molar-refractivity contribution < 1.29 is 13.9 Å². The third-order valence-electron chi connectivity index (χ3n) is 3.39. The normalized spacial score (nSPS) is 19.5. The van der Waals surface area contributed by atoms with Crippen LogP contribution in [0.4, 0.5) is 4.39 Å². The highest BCUT2D eigenvalue weighted by molar-refractivity contribution is 5.77. The largest absolute Gasteiger partial charge is 0.377 e.